The molecule has 0 heterocycles. The number of hydrogen-bond acceptors (Lipinski definition) is 5. The maximum absolute atomic E-state index is 12.6. The number of ketones is 1. The number of ether oxygens (including phenoxy) is 2. The first-order valence-corrected chi connectivity index (χ1v) is 10.8. The molecule has 1 saturated carbocycles. The van der Waals surface area contributed by atoms with E-state index < -0.39 is 17.4 Å². The third kappa shape index (κ3) is 6.42. The Bertz CT molecular complexity index is 751. The number of hydrogen-bond donors (Lipinski definition) is 1. The molecule has 158 valence electrons. The van der Waals surface area contributed by atoms with E-state index in [1.54, 1.807) is 31.2 Å². The highest BCUT2D eigenvalue weighted by atomic mass is 79.9. The molecule has 1 amide bonds. The monoisotopic (exact) mass is 465 g/mol. The first-order chi connectivity index (χ1) is 13.9. The molecule has 0 saturated heterocycles. The molecule has 2 rings (SSSR count). The molecule has 1 aromatic carbocycles. The van der Waals surface area contributed by atoms with Crippen molar-refractivity contribution in [2.24, 2.45) is 0 Å². The zero-order valence-electron chi connectivity index (χ0n) is 17.0. The van der Waals surface area contributed by atoms with Crippen molar-refractivity contribution in [3.63, 3.8) is 0 Å². The van der Waals surface area contributed by atoms with Crippen LogP contribution in [0.4, 0.5) is 0 Å². The molecule has 0 aliphatic heterocycles. The third-order valence-corrected chi connectivity index (χ3v) is 5.43. The van der Waals surface area contributed by atoms with Gasteiger partial charge in [-0.15, -0.1) is 0 Å². The molecule has 1 fully saturated rings. The van der Waals surface area contributed by atoms with Crippen molar-refractivity contribution in [1.29, 1.82) is 0 Å². The largest absolute Gasteiger partial charge is 0.494 e. The number of halogens is 1. The van der Waals surface area contributed by atoms with Gasteiger partial charge in [0.15, 0.2) is 5.78 Å². The summed E-state index contributed by atoms with van der Waals surface area (Å²) in [4.78, 5) is 37.4. The second-order valence-electron chi connectivity index (χ2n) is 7.05. The van der Waals surface area contributed by atoms with Crippen molar-refractivity contribution in [2.45, 2.75) is 57.9 Å². The average molecular weight is 466 g/mol. The Hall–Kier alpha value is -2.15. The van der Waals surface area contributed by atoms with E-state index in [0.717, 1.165) is 25.7 Å². The minimum absolute atomic E-state index is 0.117. The normalized spacial score (nSPS) is 15.6. The molecule has 6 nitrogen and oxygen atoms in total. The lowest BCUT2D eigenvalue weighted by Gasteiger charge is -2.27. The lowest BCUT2D eigenvalue weighted by molar-refractivity contribution is -0.152. The minimum atomic E-state index is -1.00. The van der Waals surface area contributed by atoms with Crippen molar-refractivity contribution in [3.8, 4) is 5.75 Å². The summed E-state index contributed by atoms with van der Waals surface area (Å²) >= 11 is 3.19. The summed E-state index contributed by atoms with van der Waals surface area (Å²) in [7, 11) is 0. The number of benzene rings is 1. The number of carbonyl (C=O) groups excluding carboxylic acids is 3. The number of allylic oxidation sites excluding steroid dienone is 1. The lowest BCUT2D eigenvalue weighted by Crippen LogP contribution is -2.53. The minimum Gasteiger partial charge on any atom is -0.494 e. The first kappa shape index (κ1) is 23.1. The predicted octanol–water partition coefficient (Wildman–Crippen LogP) is 4.32. The Kier molecular flexibility index (Phi) is 8.89. The van der Waals surface area contributed by atoms with Gasteiger partial charge in [-0.2, -0.15) is 0 Å². The topological polar surface area (TPSA) is 81.7 Å². The number of esters is 1. The van der Waals surface area contributed by atoms with E-state index in [4.69, 9.17) is 9.47 Å². The Morgan fingerprint density at radius 1 is 1.14 bits per heavy atom. The van der Waals surface area contributed by atoms with Gasteiger partial charge in [0.25, 0.3) is 0 Å². The number of unbranched alkanes of at least 4 members (excludes halogenated alkanes) is 1. The SMILES string of the molecule is CCCCOc1ccc(C(=O)/C(Br)=C/C(=O)NC2(C(=O)OCC)CCCC2)cc1. The van der Waals surface area contributed by atoms with E-state index in [-0.39, 0.29) is 16.9 Å². The summed E-state index contributed by atoms with van der Waals surface area (Å²) < 4.78 is 10.8. The molecular weight excluding hydrogens is 438 g/mol. The maximum Gasteiger partial charge on any atom is 0.331 e. The zero-order chi connectivity index (χ0) is 21.3. The molecule has 29 heavy (non-hydrogen) atoms. The quantitative estimate of drug-likeness (QED) is 0.240. The molecule has 0 atom stereocenters. The molecule has 0 spiro atoms. The summed E-state index contributed by atoms with van der Waals surface area (Å²) in [5, 5.41) is 2.76. The van der Waals surface area contributed by atoms with Crippen molar-refractivity contribution in [3.05, 3.63) is 40.4 Å². The van der Waals surface area contributed by atoms with Gasteiger partial charge in [0.2, 0.25) is 5.91 Å². The van der Waals surface area contributed by atoms with Crippen LogP contribution in [0.3, 0.4) is 0 Å². The third-order valence-electron chi connectivity index (χ3n) is 4.84. The number of carbonyl (C=O) groups is 3. The molecule has 1 aliphatic rings. The van der Waals surface area contributed by atoms with Gasteiger partial charge in [0.05, 0.1) is 17.7 Å². The Morgan fingerprint density at radius 2 is 1.79 bits per heavy atom. The van der Waals surface area contributed by atoms with E-state index in [0.29, 0.717) is 30.8 Å². The summed E-state index contributed by atoms with van der Waals surface area (Å²) in [6, 6.07) is 6.79. The first-order valence-electron chi connectivity index (χ1n) is 10.1. The summed E-state index contributed by atoms with van der Waals surface area (Å²) in [5.41, 5.74) is -0.568. The van der Waals surface area contributed by atoms with E-state index in [1.807, 2.05) is 0 Å². The fourth-order valence-corrected chi connectivity index (χ4v) is 3.69. The van der Waals surface area contributed by atoms with E-state index >= 15 is 0 Å². The lowest BCUT2D eigenvalue weighted by atomic mass is 9.97. The Balaban J connectivity index is 2.02. The molecule has 0 bridgehead atoms. The van der Waals surface area contributed by atoms with Crippen molar-refractivity contribution in [1.82, 2.24) is 5.32 Å². The van der Waals surface area contributed by atoms with Gasteiger partial charge >= 0.3 is 5.97 Å². The Labute approximate surface area is 180 Å². The fraction of sp³-hybridized carbons (Fsp3) is 0.500. The summed E-state index contributed by atoms with van der Waals surface area (Å²) in [5.74, 6) is -0.539. The van der Waals surface area contributed by atoms with Crippen LogP contribution in [0.5, 0.6) is 5.75 Å². The molecule has 0 radical (unpaired) electrons. The smallest absolute Gasteiger partial charge is 0.331 e. The van der Waals surface area contributed by atoms with Gasteiger partial charge in [0, 0.05) is 11.6 Å². The number of Topliss-reactive ketones (excluding diaryl/α,β-unsaturated/α-hetero) is 1. The van der Waals surface area contributed by atoms with Crippen LogP contribution in [-0.4, -0.2) is 36.4 Å². The highest BCUT2D eigenvalue weighted by Gasteiger charge is 2.43. The average Bonchev–Trinajstić information content (AvgIpc) is 3.18. The standard InChI is InChI=1S/C22H28BrNO5/c1-3-5-14-29-17-10-8-16(9-11-17)20(26)18(23)15-19(25)24-22(12-6-7-13-22)21(27)28-4-2/h8-11,15H,3-7,12-14H2,1-2H3,(H,24,25)/b18-15-. The van der Waals surface area contributed by atoms with E-state index in [1.165, 1.54) is 6.08 Å². The highest BCUT2D eigenvalue weighted by molar-refractivity contribution is 9.12. The van der Waals surface area contributed by atoms with Crippen LogP contribution in [0, 0.1) is 0 Å². The fourth-order valence-electron chi connectivity index (χ4n) is 3.26. The van der Waals surface area contributed by atoms with Crippen LogP contribution in [0.25, 0.3) is 0 Å². The van der Waals surface area contributed by atoms with Crippen LogP contribution < -0.4 is 10.1 Å². The van der Waals surface area contributed by atoms with Gasteiger partial charge in [0.1, 0.15) is 11.3 Å². The van der Waals surface area contributed by atoms with Gasteiger partial charge < -0.3 is 14.8 Å². The number of nitrogens with one attached hydrogen (secondary N) is 1. The molecule has 7 heteroatoms. The molecule has 1 aromatic rings. The van der Waals surface area contributed by atoms with Gasteiger partial charge in [-0.05, 0) is 66.4 Å². The van der Waals surface area contributed by atoms with Crippen molar-refractivity contribution in [2.75, 3.05) is 13.2 Å². The van der Waals surface area contributed by atoms with Crippen molar-refractivity contribution >= 4 is 33.6 Å². The van der Waals surface area contributed by atoms with Crippen LogP contribution in [0.15, 0.2) is 34.8 Å². The molecule has 0 aromatic heterocycles. The summed E-state index contributed by atoms with van der Waals surface area (Å²) in [6.45, 7) is 4.71. The number of rotatable bonds is 10. The molecule has 1 aliphatic carbocycles. The Morgan fingerprint density at radius 3 is 2.38 bits per heavy atom. The predicted molar refractivity (Wildman–Crippen MR) is 114 cm³/mol. The summed E-state index contributed by atoms with van der Waals surface area (Å²) in [6.07, 6.45) is 5.95. The zero-order valence-corrected chi connectivity index (χ0v) is 18.5. The van der Waals surface area contributed by atoms with E-state index in [9.17, 15) is 14.4 Å². The maximum atomic E-state index is 12.6. The number of amides is 1. The van der Waals surface area contributed by atoms with Gasteiger partial charge in [-0.25, -0.2) is 4.79 Å². The molecular formula is C22H28BrNO5. The molecule has 1 N–H and O–H groups in total. The van der Waals surface area contributed by atoms with Crippen molar-refractivity contribution < 1.29 is 23.9 Å². The van der Waals surface area contributed by atoms with E-state index in [2.05, 4.69) is 28.2 Å². The van der Waals surface area contributed by atoms with Crippen LogP contribution in [-0.2, 0) is 14.3 Å². The van der Waals surface area contributed by atoms with Gasteiger partial charge in [-0.1, -0.05) is 26.2 Å². The van der Waals surface area contributed by atoms with Crippen LogP contribution in [0.1, 0.15) is 62.7 Å². The second-order valence-corrected chi connectivity index (χ2v) is 7.90. The molecule has 0 unspecified atom stereocenters. The van der Waals surface area contributed by atoms with Gasteiger partial charge in [-0.3, -0.25) is 9.59 Å². The second kappa shape index (κ2) is 11.1. The van der Waals surface area contributed by atoms with Crippen LogP contribution in [0.2, 0.25) is 0 Å². The highest BCUT2D eigenvalue weighted by Crippen LogP contribution is 2.31. The van der Waals surface area contributed by atoms with Crippen LogP contribution >= 0.6 is 15.9 Å².